The number of ether oxygens (including phenoxy) is 1. The van der Waals surface area contributed by atoms with Crippen molar-refractivity contribution < 1.29 is 19.1 Å². The van der Waals surface area contributed by atoms with E-state index in [1.165, 1.54) is 30.0 Å². The highest BCUT2D eigenvalue weighted by Gasteiger charge is 2.11. The molecule has 0 saturated heterocycles. The molecule has 1 heterocycles. The molecular formula is C23H24N4O4S2. The third kappa shape index (κ3) is 8.24. The van der Waals surface area contributed by atoms with Gasteiger partial charge < -0.3 is 20.7 Å². The summed E-state index contributed by atoms with van der Waals surface area (Å²) in [5.41, 5.74) is 2.82. The molecule has 3 aromatic rings. The fourth-order valence-corrected chi connectivity index (χ4v) is 4.49. The number of carbonyl (C=O) groups excluding carboxylic acids is 3. The van der Waals surface area contributed by atoms with Gasteiger partial charge in [-0.3, -0.25) is 14.4 Å². The summed E-state index contributed by atoms with van der Waals surface area (Å²) in [6, 6.07) is 14.5. The molecule has 0 fully saturated rings. The number of hydrogen-bond donors (Lipinski definition) is 3. The first-order valence-electron chi connectivity index (χ1n) is 10.1. The van der Waals surface area contributed by atoms with Gasteiger partial charge in [0, 0.05) is 30.2 Å². The molecule has 1 aromatic heterocycles. The molecule has 0 atom stereocenters. The van der Waals surface area contributed by atoms with E-state index >= 15 is 0 Å². The first-order chi connectivity index (χ1) is 15.9. The maximum atomic E-state index is 12.3. The monoisotopic (exact) mass is 484 g/mol. The number of methoxy groups -OCH3 is 1. The Bertz CT molecular complexity index is 1130. The number of anilines is 2. The molecule has 0 unspecified atom stereocenters. The zero-order valence-corrected chi connectivity index (χ0v) is 19.8. The minimum Gasteiger partial charge on any atom is -0.497 e. The number of rotatable bonds is 10. The maximum absolute atomic E-state index is 12.3. The summed E-state index contributed by atoms with van der Waals surface area (Å²) in [5.74, 6) is 0.429. The summed E-state index contributed by atoms with van der Waals surface area (Å²) in [4.78, 5) is 40.1. The van der Waals surface area contributed by atoms with E-state index in [1.807, 2.05) is 29.6 Å². The van der Waals surface area contributed by atoms with Crippen molar-refractivity contribution >= 4 is 52.2 Å². The number of nitrogens with zero attached hydrogens (tertiary/aromatic N) is 1. The molecule has 3 amide bonds. The summed E-state index contributed by atoms with van der Waals surface area (Å²) in [6.07, 6.45) is 0.170. The molecule has 8 nitrogen and oxygen atoms in total. The number of benzene rings is 2. The van der Waals surface area contributed by atoms with E-state index in [0.717, 1.165) is 11.3 Å². The van der Waals surface area contributed by atoms with E-state index in [1.54, 1.807) is 31.4 Å². The number of hydrogen-bond acceptors (Lipinski definition) is 7. The second-order valence-electron chi connectivity index (χ2n) is 7.01. The first kappa shape index (κ1) is 24.3. The number of thioether (sulfide) groups is 1. The summed E-state index contributed by atoms with van der Waals surface area (Å²) in [7, 11) is 1.60. The van der Waals surface area contributed by atoms with Crippen LogP contribution in [0.1, 0.15) is 18.2 Å². The van der Waals surface area contributed by atoms with Crippen molar-refractivity contribution in [3.05, 3.63) is 65.2 Å². The van der Waals surface area contributed by atoms with Gasteiger partial charge in [-0.15, -0.1) is 11.3 Å². The highest BCUT2D eigenvalue weighted by Crippen LogP contribution is 2.23. The molecule has 0 aliphatic rings. The molecule has 0 aliphatic heterocycles. The molecule has 0 saturated carbocycles. The minimum absolute atomic E-state index is 0.128. The Morgan fingerprint density at radius 3 is 2.55 bits per heavy atom. The van der Waals surface area contributed by atoms with Crippen LogP contribution in [0.4, 0.5) is 11.4 Å². The van der Waals surface area contributed by atoms with Gasteiger partial charge >= 0.3 is 0 Å². The molecule has 33 heavy (non-hydrogen) atoms. The van der Waals surface area contributed by atoms with Crippen molar-refractivity contribution in [3.63, 3.8) is 0 Å². The van der Waals surface area contributed by atoms with Crippen molar-refractivity contribution in [1.82, 2.24) is 10.3 Å². The number of aromatic nitrogens is 1. The molecule has 0 aliphatic carbocycles. The second kappa shape index (κ2) is 12.0. The predicted octanol–water partition coefficient (Wildman–Crippen LogP) is 3.70. The fourth-order valence-electron chi connectivity index (χ4n) is 2.85. The average Bonchev–Trinajstić information content (AvgIpc) is 3.23. The highest BCUT2D eigenvalue weighted by atomic mass is 32.2. The molecular weight excluding hydrogens is 460 g/mol. The van der Waals surface area contributed by atoms with E-state index in [4.69, 9.17) is 4.74 Å². The van der Waals surface area contributed by atoms with Gasteiger partial charge in [0.15, 0.2) is 4.34 Å². The van der Waals surface area contributed by atoms with Gasteiger partial charge in [-0.05, 0) is 35.9 Å². The Balaban J connectivity index is 1.43. The zero-order chi connectivity index (χ0) is 23.6. The summed E-state index contributed by atoms with van der Waals surface area (Å²) in [6.45, 7) is 1.83. The number of carbonyl (C=O) groups is 3. The average molecular weight is 485 g/mol. The lowest BCUT2D eigenvalue weighted by Crippen LogP contribution is -2.24. The SMILES string of the molecule is COc1cccc(CNC(=O)Cc2csc(SCC(=O)Nc3cccc(NC(C)=O)c3)n2)c1. The Labute approximate surface area is 200 Å². The van der Waals surface area contributed by atoms with Gasteiger partial charge in [0.05, 0.1) is 25.0 Å². The molecule has 172 valence electrons. The van der Waals surface area contributed by atoms with Gasteiger partial charge in [-0.25, -0.2) is 4.98 Å². The van der Waals surface area contributed by atoms with Crippen LogP contribution in [0, 0.1) is 0 Å². The van der Waals surface area contributed by atoms with Crippen LogP contribution in [0.3, 0.4) is 0 Å². The topological polar surface area (TPSA) is 109 Å². The summed E-state index contributed by atoms with van der Waals surface area (Å²) >= 11 is 2.70. The summed E-state index contributed by atoms with van der Waals surface area (Å²) < 4.78 is 5.90. The van der Waals surface area contributed by atoms with Crippen LogP contribution in [0.5, 0.6) is 5.75 Å². The minimum atomic E-state index is -0.187. The molecule has 0 bridgehead atoms. The van der Waals surface area contributed by atoms with Crippen molar-refractivity contribution in [1.29, 1.82) is 0 Å². The van der Waals surface area contributed by atoms with E-state index < -0.39 is 0 Å². The number of amides is 3. The Kier molecular flexibility index (Phi) is 8.85. The van der Waals surface area contributed by atoms with Crippen molar-refractivity contribution in [2.24, 2.45) is 0 Å². The number of nitrogens with one attached hydrogen (secondary N) is 3. The van der Waals surface area contributed by atoms with Gasteiger partial charge in [0.2, 0.25) is 17.7 Å². The Morgan fingerprint density at radius 1 is 1.03 bits per heavy atom. The van der Waals surface area contributed by atoms with Crippen LogP contribution >= 0.6 is 23.1 Å². The molecule has 0 radical (unpaired) electrons. The molecule has 2 aromatic carbocycles. The van der Waals surface area contributed by atoms with Gasteiger partial charge in [0.25, 0.3) is 0 Å². The standard InChI is InChI=1S/C23H24N4O4S2/c1-15(28)25-17-6-4-7-18(10-17)26-22(30)14-33-23-27-19(13-32-23)11-21(29)24-12-16-5-3-8-20(9-16)31-2/h3-10,13H,11-12,14H2,1-2H3,(H,24,29)(H,25,28)(H,26,30). The van der Waals surface area contributed by atoms with Crippen LogP contribution in [0.15, 0.2) is 58.3 Å². The van der Waals surface area contributed by atoms with Crippen LogP contribution in [0.2, 0.25) is 0 Å². The lowest BCUT2D eigenvalue weighted by Gasteiger charge is -2.07. The van der Waals surface area contributed by atoms with Crippen LogP contribution in [-0.4, -0.2) is 35.6 Å². The maximum Gasteiger partial charge on any atom is 0.234 e. The predicted molar refractivity (Wildman–Crippen MR) is 131 cm³/mol. The quantitative estimate of drug-likeness (QED) is 0.379. The van der Waals surface area contributed by atoms with Crippen molar-refractivity contribution in [2.75, 3.05) is 23.5 Å². The normalized spacial score (nSPS) is 10.4. The third-order valence-corrected chi connectivity index (χ3v) is 6.36. The van der Waals surface area contributed by atoms with Crippen LogP contribution in [-0.2, 0) is 27.3 Å². The van der Waals surface area contributed by atoms with Gasteiger partial charge in [-0.2, -0.15) is 0 Å². The molecule has 10 heteroatoms. The van der Waals surface area contributed by atoms with Crippen LogP contribution in [0.25, 0.3) is 0 Å². The first-order valence-corrected chi connectivity index (χ1v) is 11.9. The van der Waals surface area contributed by atoms with E-state index in [9.17, 15) is 14.4 Å². The molecule has 3 rings (SSSR count). The zero-order valence-electron chi connectivity index (χ0n) is 18.2. The summed E-state index contributed by atoms with van der Waals surface area (Å²) in [5, 5.41) is 10.2. The van der Waals surface area contributed by atoms with E-state index in [2.05, 4.69) is 20.9 Å². The molecule has 3 N–H and O–H groups in total. The van der Waals surface area contributed by atoms with Crippen LogP contribution < -0.4 is 20.7 Å². The highest BCUT2D eigenvalue weighted by molar-refractivity contribution is 8.01. The Hall–Kier alpha value is -3.37. The Morgan fingerprint density at radius 2 is 1.79 bits per heavy atom. The largest absolute Gasteiger partial charge is 0.497 e. The lowest BCUT2D eigenvalue weighted by atomic mass is 10.2. The third-order valence-electron chi connectivity index (χ3n) is 4.29. The number of thiazole rings is 1. The van der Waals surface area contributed by atoms with Gasteiger partial charge in [-0.1, -0.05) is 30.0 Å². The van der Waals surface area contributed by atoms with Crippen molar-refractivity contribution in [3.8, 4) is 5.75 Å². The molecule has 0 spiro atoms. The lowest BCUT2D eigenvalue weighted by molar-refractivity contribution is -0.120. The smallest absolute Gasteiger partial charge is 0.234 e. The second-order valence-corrected chi connectivity index (χ2v) is 9.09. The van der Waals surface area contributed by atoms with Gasteiger partial charge in [0.1, 0.15) is 5.75 Å². The fraction of sp³-hybridized carbons (Fsp3) is 0.217. The van der Waals surface area contributed by atoms with Crippen molar-refractivity contribution in [2.45, 2.75) is 24.2 Å². The van der Waals surface area contributed by atoms with E-state index in [0.29, 0.717) is 28.0 Å². The van der Waals surface area contributed by atoms with E-state index in [-0.39, 0.29) is 29.9 Å².